The Kier molecular flexibility index (Phi) is 5.92. The van der Waals surface area contributed by atoms with Gasteiger partial charge in [0, 0.05) is 31.1 Å². The highest BCUT2D eigenvalue weighted by atomic mass is 32.1. The number of carbonyl (C=O) groups is 1. The summed E-state index contributed by atoms with van der Waals surface area (Å²) >= 11 is 6.82. The number of hydrogen-bond acceptors (Lipinski definition) is 8. The lowest BCUT2D eigenvalue weighted by Gasteiger charge is -2.03. The van der Waals surface area contributed by atoms with Gasteiger partial charge in [0.05, 0.1) is 24.2 Å². The minimum atomic E-state index is -0.291. The third kappa shape index (κ3) is 3.95. The first kappa shape index (κ1) is 20.8. The fourth-order valence-corrected chi connectivity index (χ4v) is 7.74. The van der Waals surface area contributed by atoms with Crippen molar-refractivity contribution < 1.29 is 19.0 Å². The second kappa shape index (κ2) is 8.82. The maximum absolute atomic E-state index is 12.1. The highest BCUT2D eigenvalue weighted by molar-refractivity contribution is 7.27. The molecule has 0 amide bonds. The summed E-state index contributed by atoms with van der Waals surface area (Å²) in [6.07, 6.45) is 0. The molecule has 5 aromatic rings. The van der Waals surface area contributed by atoms with Crippen LogP contribution in [-0.2, 0) is 20.8 Å². The minimum absolute atomic E-state index is 0.291. The van der Waals surface area contributed by atoms with E-state index in [9.17, 15) is 4.79 Å². The van der Waals surface area contributed by atoms with E-state index in [2.05, 4.69) is 35.7 Å². The standard InChI is InChI=1S/C23H18O4S4/c1-25-12-27-11-13-3-5-28-21(13)19-9-14-7-18-15(8-17(14)30-19)10-20(31-18)22-16(4-6-29-22)23(24)26-2/h3-10H,11-12H2,1-2H3. The third-order valence-corrected chi connectivity index (χ3v) is 9.31. The van der Waals surface area contributed by atoms with Crippen LogP contribution in [0, 0.1) is 0 Å². The molecule has 0 unspecified atom stereocenters. The topological polar surface area (TPSA) is 44.8 Å². The zero-order valence-electron chi connectivity index (χ0n) is 16.8. The van der Waals surface area contributed by atoms with Crippen LogP contribution in [0.2, 0.25) is 0 Å². The summed E-state index contributed by atoms with van der Waals surface area (Å²) in [7, 11) is 3.05. The Balaban J connectivity index is 1.50. The number of hydrogen-bond donors (Lipinski definition) is 0. The first-order valence-electron chi connectivity index (χ1n) is 9.44. The van der Waals surface area contributed by atoms with E-state index in [1.165, 1.54) is 42.6 Å². The highest BCUT2D eigenvalue weighted by Crippen LogP contribution is 2.43. The van der Waals surface area contributed by atoms with Crippen LogP contribution in [0.4, 0.5) is 0 Å². The van der Waals surface area contributed by atoms with E-state index in [0.29, 0.717) is 19.0 Å². The number of fused-ring (bicyclic) bond motifs is 2. The predicted octanol–water partition coefficient (Wildman–Crippen LogP) is 7.48. The van der Waals surface area contributed by atoms with Crippen LogP contribution in [0.5, 0.6) is 0 Å². The van der Waals surface area contributed by atoms with Gasteiger partial charge in [0.15, 0.2) is 0 Å². The van der Waals surface area contributed by atoms with Gasteiger partial charge in [-0.15, -0.1) is 45.3 Å². The van der Waals surface area contributed by atoms with Crippen molar-refractivity contribution in [2.24, 2.45) is 0 Å². The van der Waals surface area contributed by atoms with Crippen molar-refractivity contribution in [3.63, 3.8) is 0 Å². The number of ether oxygens (including phenoxy) is 3. The molecule has 0 atom stereocenters. The second-order valence-electron chi connectivity index (χ2n) is 6.83. The Labute approximate surface area is 195 Å². The van der Waals surface area contributed by atoms with E-state index >= 15 is 0 Å². The molecule has 4 aromatic heterocycles. The van der Waals surface area contributed by atoms with Gasteiger partial charge in [-0.05, 0) is 63.5 Å². The molecular weight excluding hydrogens is 469 g/mol. The molecule has 1 aromatic carbocycles. The van der Waals surface area contributed by atoms with Crippen LogP contribution in [0.15, 0.2) is 47.2 Å². The summed E-state index contributed by atoms with van der Waals surface area (Å²) in [4.78, 5) is 16.6. The van der Waals surface area contributed by atoms with Gasteiger partial charge < -0.3 is 14.2 Å². The zero-order valence-corrected chi connectivity index (χ0v) is 20.1. The molecule has 0 bridgehead atoms. The Morgan fingerprint density at radius 1 is 0.871 bits per heavy atom. The Hall–Kier alpha value is -2.07. The minimum Gasteiger partial charge on any atom is -0.465 e. The number of thiophene rings is 4. The van der Waals surface area contributed by atoms with Gasteiger partial charge >= 0.3 is 5.97 Å². The van der Waals surface area contributed by atoms with Crippen molar-refractivity contribution in [3.05, 3.63) is 58.3 Å². The quantitative estimate of drug-likeness (QED) is 0.136. The van der Waals surface area contributed by atoms with E-state index in [-0.39, 0.29) is 5.97 Å². The first-order valence-corrected chi connectivity index (χ1v) is 12.8. The monoisotopic (exact) mass is 486 g/mol. The van der Waals surface area contributed by atoms with Crippen molar-refractivity contribution in [3.8, 4) is 19.5 Å². The van der Waals surface area contributed by atoms with Crippen LogP contribution in [0.25, 0.3) is 39.7 Å². The molecule has 4 nitrogen and oxygen atoms in total. The molecule has 31 heavy (non-hydrogen) atoms. The van der Waals surface area contributed by atoms with E-state index in [4.69, 9.17) is 14.2 Å². The largest absolute Gasteiger partial charge is 0.465 e. The summed E-state index contributed by atoms with van der Waals surface area (Å²) in [6.45, 7) is 0.838. The van der Waals surface area contributed by atoms with Gasteiger partial charge in [-0.1, -0.05) is 0 Å². The average Bonchev–Trinajstić information content (AvgIpc) is 3.55. The molecule has 5 rings (SSSR count). The molecule has 0 aliphatic rings. The van der Waals surface area contributed by atoms with Crippen molar-refractivity contribution >= 4 is 71.5 Å². The van der Waals surface area contributed by atoms with Crippen LogP contribution in [0.1, 0.15) is 15.9 Å². The Bertz CT molecular complexity index is 1320. The molecule has 0 saturated heterocycles. The van der Waals surface area contributed by atoms with Crippen molar-refractivity contribution in [1.82, 2.24) is 0 Å². The molecule has 8 heteroatoms. The van der Waals surface area contributed by atoms with Gasteiger partial charge in [0.1, 0.15) is 6.79 Å². The molecular formula is C23H18O4S4. The smallest absolute Gasteiger partial charge is 0.339 e. The van der Waals surface area contributed by atoms with Crippen LogP contribution in [0.3, 0.4) is 0 Å². The molecule has 158 valence electrons. The Morgan fingerprint density at radius 2 is 1.52 bits per heavy atom. The SMILES string of the molecule is COCOCc1ccsc1-c1cc2cc3sc(-c4sccc4C(=O)OC)cc3cc2s1. The molecule has 4 heterocycles. The van der Waals surface area contributed by atoms with E-state index in [1.54, 1.807) is 52.5 Å². The maximum atomic E-state index is 12.1. The van der Waals surface area contributed by atoms with E-state index in [1.807, 2.05) is 11.4 Å². The predicted molar refractivity (Wildman–Crippen MR) is 132 cm³/mol. The van der Waals surface area contributed by atoms with Gasteiger partial charge in [0.25, 0.3) is 0 Å². The number of esters is 1. The first-order chi connectivity index (χ1) is 15.2. The molecule has 0 N–H and O–H groups in total. The van der Waals surface area contributed by atoms with Crippen molar-refractivity contribution in [1.29, 1.82) is 0 Å². The molecule has 0 radical (unpaired) electrons. The van der Waals surface area contributed by atoms with Crippen LogP contribution in [-0.4, -0.2) is 27.0 Å². The van der Waals surface area contributed by atoms with Gasteiger partial charge in [0.2, 0.25) is 0 Å². The molecule has 0 saturated carbocycles. The van der Waals surface area contributed by atoms with Crippen molar-refractivity contribution in [2.75, 3.05) is 21.0 Å². The second-order valence-corrected chi connectivity index (χ2v) is 10.8. The zero-order chi connectivity index (χ0) is 21.4. The van der Waals surface area contributed by atoms with Gasteiger partial charge in [-0.25, -0.2) is 4.79 Å². The fraction of sp³-hybridized carbons (Fsp3) is 0.174. The summed E-state index contributed by atoms with van der Waals surface area (Å²) in [5.74, 6) is -0.291. The Morgan fingerprint density at radius 3 is 2.19 bits per heavy atom. The van der Waals surface area contributed by atoms with E-state index in [0.717, 1.165) is 9.75 Å². The molecule has 0 spiro atoms. The summed E-state index contributed by atoms with van der Waals surface area (Å²) in [5.41, 5.74) is 1.81. The summed E-state index contributed by atoms with van der Waals surface area (Å²) in [5, 5.41) is 6.47. The average molecular weight is 487 g/mol. The summed E-state index contributed by atoms with van der Waals surface area (Å²) in [6, 6.07) is 12.9. The van der Waals surface area contributed by atoms with E-state index < -0.39 is 0 Å². The number of carbonyl (C=O) groups excluding carboxylic acids is 1. The van der Waals surface area contributed by atoms with Crippen molar-refractivity contribution in [2.45, 2.75) is 6.61 Å². The molecule has 0 aliphatic heterocycles. The lowest BCUT2D eigenvalue weighted by atomic mass is 10.1. The highest BCUT2D eigenvalue weighted by Gasteiger charge is 2.18. The fourth-order valence-electron chi connectivity index (χ4n) is 3.47. The van der Waals surface area contributed by atoms with Crippen LogP contribution < -0.4 is 0 Å². The lowest BCUT2D eigenvalue weighted by Crippen LogP contribution is -2.00. The van der Waals surface area contributed by atoms with Gasteiger partial charge in [-0.3, -0.25) is 0 Å². The molecule has 0 fully saturated rings. The number of benzene rings is 1. The summed E-state index contributed by atoms with van der Waals surface area (Å²) < 4.78 is 17.9. The number of methoxy groups -OCH3 is 2. The van der Waals surface area contributed by atoms with Crippen LogP contribution >= 0.6 is 45.3 Å². The number of rotatable bonds is 7. The van der Waals surface area contributed by atoms with Gasteiger partial charge in [-0.2, -0.15) is 0 Å². The molecule has 0 aliphatic carbocycles. The third-order valence-electron chi connectivity index (χ3n) is 4.88. The normalized spacial score (nSPS) is 11.5. The lowest BCUT2D eigenvalue weighted by molar-refractivity contribution is -0.0388. The maximum Gasteiger partial charge on any atom is 0.339 e.